The number of halogens is 3. The zero-order chi connectivity index (χ0) is 14.7. The van der Waals surface area contributed by atoms with E-state index in [-0.39, 0.29) is 10.0 Å². The third kappa shape index (κ3) is 3.01. The number of hydrazine groups is 1. The molecule has 0 aromatic heterocycles. The Morgan fingerprint density at radius 1 is 1.15 bits per heavy atom. The highest BCUT2D eigenvalue weighted by atomic mass is 35.5. The maximum atomic E-state index is 13.3. The Bertz CT molecular complexity index is 641. The van der Waals surface area contributed by atoms with Crippen LogP contribution in [0.5, 0.6) is 0 Å². The second-order valence-corrected chi connectivity index (χ2v) is 4.71. The Balaban J connectivity index is 2.28. The van der Waals surface area contributed by atoms with Crippen LogP contribution in [-0.2, 0) is 0 Å². The number of nitrogen functional groups attached to an aromatic ring is 1. The Morgan fingerprint density at radius 3 is 2.35 bits per heavy atom. The van der Waals surface area contributed by atoms with Gasteiger partial charge in [-0.25, -0.2) is 4.39 Å². The number of benzene rings is 2. The molecule has 0 aliphatic rings. The lowest BCUT2D eigenvalue weighted by Gasteiger charge is -2.10. The van der Waals surface area contributed by atoms with Crippen molar-refractivity contribution in [1.82, 2.24) is 0 Å². The van der Waals surface area contributed by atoms with Crippen molar-refractivity contribution in [2.45, 2.75) is 0 Å². The van der Waals surface area contributed by atoms with Gasteiger partial charge >= 0.3 is 0 Å². The van der Waals surface area contributed by atoms with E-state index >= 15 is 0 Å². The summed E-state index contributed by atoms with van der Waals surface area (Å²) in [5.74, 6) is 4.18. The average molecular weight is 314 g/mol. The molecule has 0 heterocycles. The van der Waals surface area contributed by atoms with Gasteiger partial charge in [-0.1, -0.05) is 35.3 Å². The van der Waals surface area contributed by atoms with E-state index in [4.69, 9.17) is 29.0 Å². The molecule has 4 nitrogen and oxygen atoms in total. The molecule has 0 aliphatic carbocycles. The monoisotopic (exact) mass is 313 g/mol. The molecular weight excluding hydrogens is 304 g/mol. The number of hydrogen-bond donors (Lipinski definition) is 3. The van der Waals surface area contributed by atoms with E-state index in [1.807, 2.05) is 0 Å². The molecule has 0 saturated heterocycles. The van der Waals surface area contributed by atoms with Gasteiger partial charge in [-0.05, 0) is 24.3 Å². The lowest BCUT2D eigenvalue weighted by molar-refractivity contribution is 0.102. The first-order chi connectivity index (χ1) is 9.52. The Morgan fingerprint density at radius 2 is 1.75 bits per heavy atom. The average Bonchev–Trinajstić information content (AvgIpc) is 2.44. The molecule has 7 heteroatoms. The molecule has 0 fully saturated rings. The lowest BCUT2D eigenvalue weighted by Crippen LogP contribution is -2.17. The second-order valence-electron chi connectivity index (χ2n) is 3.90. The second kappa shape index (κ2) is 6.09. The van der Waals surface area contributed by atoms with Crippen LogP contribution in [0.15, 0.2) is 36.4 Å². The van der Waals surface area contributed by atoms with Gasteiger partial charge in [-0.3, -0.25) is 10.6 Å². The minimum absolute atomic E-state index is 0.168. The molecule has 2 rings (SSSR count). The van der Waals surface area contributed by atoms with Gasteiger partial charge in [0.25, 0.3) is 5.91 Å². The largest absolute Gasteiger partial charge is 0.323 e. The number of hydrogen-bond acceptors (Lipinski definition) is 3. The van der Waals surface area contributed by atoms with Crippen LogP contribution in [0.1, 0.15) is 10.4 Å². The highest BCUT2D eigenvalue weighted by molar-refractivity contribution is 6.35. The fraction of sp³-hybridized carbons (Fsp3) is 0. The molecule has 0 radical (unpaired) electrons. The standard InChI is InChI=1S/C13H10Cl2FN3O/c14-9-5-7(6-10(15)12(9)16)18-13(20)8-3-1-2-4-11(8)19-17/h1-6,19H,17H2,(H,18,20). The molecular formula is C13H10Cl2FN3O. The van der Waals surface area contributed by atoms with Gasteiger partial charge in [0.2, 0.25) is 0 Å². The van der Waals surface area contributed by atoms with Crippen molar-refractivity contribution in [2.75, 3.05) is 10.7 Å². The van der Waals surface area contributed by atoms with Crippen molar-refractivity contribution in [3.8, 4) is 0 Å². The summed E-state index contributed by atoms with van der Waals surface area (Å²) in [6.45, 7) is 0. The van der Waals surface area contributed by atoms with Crippen LogP contribution in [0, 0.1) is 5.82 Å². The first kappa shape index (κ1) is 14.6. The number of nitrogens with one attached hydrogen (secondary N) is 2. The molecule has 0 saturated carbocycles. The normalized spacial score (nSPS) is 10.2. The summed E-state index contributed by atoms with van der Waals surface area (Å²) in [5, 5.41) is 2.23. The highest BCUT2D eigenvalue weighted by Gasteiger charge is 2.13. The molecule has 104 valence electrons. The highest BCUT2D eigenvalue weighted by Crippen LogP contribution is 2.28. The number of carbonyl (C=O) groups excluding carboxylic acids is 1. The number of para-hydroxylation sites is 1. The predicted molar refractivity (Wildman–Crippen MR) is 78.6 cm³/mol. The first-order valence-electron chi connectivity index (χ1n) is 5.54. The molecule has 0 aliphatic heterocycles. The third-order valence-electron chi connectivity index (χ3n) is 2.57. The quantitative estimate of drug-likeness (QED) is 0.460. The van der Waals surface area contributed by atoms with Gasteiger partial charge in [0.05, 0.1) is 21.3 Å². The molecule has 0 unspecified atom stereocenters. The van der Waals surface area contributed by atoms with Crippen LogP contribution >= 0.6 is 23.2 Å². The van der Waals surface area contributed by atoms with Crippen LogP contribution in [0.4, 0.5) is 15.8 Å². The van der Waals surface area contributed by atoms with Crippen LogP contribution in [-0.4, -0.2) is 5.91 Å². The number of rotatable bonds is 3. The maximum absolute atomic E-state index is 13.3. The minimum atomic E-state index is -0.727. The summed E-state index contributed by atoms with van der Waals surface area (Å²) >= 11 is 11.3. The molecule has 2 aromatic rings. The molecule has 1 amide bonds. The lowest BCUT2D eigenvalue weighted by atomic mass is 10.1. The third-order valence-corrected chi connectivity index (χ3v) is 3.12. The minimum Gasteiger partial charge on any atom is -0.323 e. The summed E-state index contributed by atoms with van der Waals surface area (Å²) in [5.41, 5.74) is 3.51. The van der Waals surface area contributed by atoms with Crippen molar-refractivity contribution in [2.24, 2.45) is 5.84 Å². The van der Waals surface area contributed by atoms with Crippen molar-refractivity contribution in [3.05, 3.63) is 57.8 Å². The SMILES string of the molecule is NNc1ccccc1C(=O)Nc1cc(Cl)c(F)c(Cl)c1. The van der Waals surface area contributed by atoms with E-state index in [9.17, 15) is 9.18 Å². The number of nitrogens with two attached hydrogens (primary N) is 1. The molecule has 4 N–H and O–H groups in total. The predicted octanol–water partition coefficient (Wildman–Crippen LogP) is 3.67. The molecule has 2 aromatic carbocycles. The van der Waals surface area contributed by atoms with E-state index in [0.29, 0.717) is 16.9 Å². The molecule has 0 atom stereocenters. The van der Waals surface area contributed by atoms with Gasteiger partial charge in [-0.2, -0.15) is 0 Å². The van der Waals surface area contributed by atoms with Crippen LogP contribution < -0.4 is 16.6 Å². The summed E-state index contributed by atoms with van der Waals surface area (Å²) in [6, 6.07) is 9.23. The van der Waals surface area contributed by atoms with Gasteiger partial charge < -0.3 is 10.7 Å². The molecule has 0 spiro atoms. The number of anilines is 2. The maximum Gasteiger partial charge on any atom is 0.257 e. The summed E-state index contributed by atoms with van der Waals surface area (Å²) in [7, 11) is 0. The summed E-state index contributed by atoms with van der Waals surface area (Å²) in [4.78, 5) is 12.1. The summed E-state index contributed by atoms with van der Waals surface area (Å²) < 4.78 is 13.3. The van der Waals surface area contributed by atoms with Gasteiger partial charge in [-0.15, -0.1) is 0 Å². The smallest absolute Gasteiger partial charge is 0.257 e. The zero-order valence-corrected chi connectivity index (χ0v) is 11.6. The van der Waals surface area contributed by atoms with Gasteiger partial charge in [0.1, 0.15) is 0 Å². The topological polar surface area (TPSA) is 67.1 Å². The van der Waals surface area contributed by atoms with Gasteiger partial charge in [0.15, 0.2) is 5.82 Å². The Kier molecular flexibility index (Phi) is 4.44. The molecule has 20 heavy (non-hydrogen) atoms. The van der Waals surface area contributed by atoms with Crippen LogP contribution in [0.25, 0.3) is 0 Å². The zero-order valence-electron chi connectivity index (χ0n) is 10.1. The Hall–Kier alpha value is -1.82. The van der Waals surface area contributed by atoms with Crippen molar-refractivity contribution in [1.29, 1.82) is 0 Å². The van der Waals surface area contributed by atoms with Crippen LogP contribution in [0.2, 0.25) is 10.0 Å². The van der Waals surface area contributed by atoms with E-state index in [1.54, 1.807) is 24.3 Å². The van der Waals surface area contributed by atoms with Gasteiger partial charge in [0, 0.05) is 5.69 Å². The van der Waals surface area contributed by atoms with Crippen molar-refractivity contribution < 1.29 is 9.18 Å². The van der Waals surface area contributed by atoms with E-state index < -0.39 is 11.7 Å². The van der Waals surface area contributed by atoms with Crippen molar-refractivity contribution in [3.63, 3.8) is 0 Å². The number of amides is 1. The fourth-order valence-electron chi connectivity index (χ4n) is 1.63. The fourth-order valence-corrected chi connectivity index (χ4v) is 2.12. The number of carbonyl (C=O) groups is 1. The van der Waals surface area contributed by atoms with E-state index in [1.165, 1.54) is 12.1 Å². The van der Waals surface area contributed by atoms with E-state index in [0.717, 1.165) is 0 Å². The first-order valence-corrected chi connectivity index (χ1v) is 6.30. The van der Waals surface area contributed by atoms with E-state index in [2.05, 4.69) is 10.7 Å². The summed E-state index contributed by atoms with van der Waals surface area (Å²) in [6.07, 6.45) is 0. The Labute approximate surface area is 124 Å². The van der Waals surface area contributed by atoms with Crippen LogP contribution in [0.3, 0.4) is 0 Å². The molecule has 0 bridgehead atoms. The van der Waals surface area contributed by atoms with Crippen molar-refractivity contribution >= 4 is 40.5 Å².